The van der Waals surface area contributed by atoms with Crippen LogP contribution in [0, 0.1) is 5.82 Å². The molecule has 0 radical (unpaired) electrons. The van der Waals surface area contributed by atoms with Crippen molar-refractivity contribution in [3.63, 3.8) is 0 Å². The highest BCUT2D eigenvalue weighted by molar-refractivity contribution is 7.99. The molecule has 0 saturated carbocycles. The zero-order valence-electron chi connectivity index (χ0n) is 9.88. The van der Waals surface area contributed by atoms with E-state index in [4.69, 9.17) is 5.11 Å². The maximum atomic E-state index is 13.0. The van der Waals surface area contributed by atoms with Crippen molar-refractivity contribution >= 4 is 17.7 Å². The number of carbonyl (C=O) groups is 1. The monoisotopic (exact) mass is 270 g/mol. The first-order valence-corrected chi connectivity index (χ1v) is 6.93. The van der Waals surface area contributed by atoms with Gasteiger partial charge in [0.05, 0.1) is 12.6 Å². The highest BCUT2D eigenvalue weighted by Crippen LogP contribution is 2.21. The van der Waals surface area contributed by atoms with Crippen LogP contribution in [0.4, 0.5) is 4.39 Å². The van der Waals surface area contributed by atoms with Gasteiger partial charge in [-0.15, -0.1) is 0 Å². The molecule has 0 spiro atoms. The van der Waals surface area contributed by atoms with E-state index in [1.807, 2.05) is 0 Å². The fraction of sp³-hybridized carbons (Fsp3) is 0.500. The molecule has 0 aliphatic carbocycles. The maximum absolute atomic E-state index is 13.0. The molecule has 2 heterocycles. The molecule has 4 nitrogen and oxygen atoms in total. The lowest BCUT2D eigenvalue weighted by atomic mass is 10.1. The summed E-state index contributed by atoms with van der Waals surface area (Å²) < 4.78 is 13.0. The second-order valence-electron chi connectivity index (χ2n) is 4.31. The van der Waals surface area contributed by atoms with Crippen molar-refractivity contribution in [1.29, 1.82) is 0 Å². The molecule has 1 aliphatic rings. The lowest BCUT2D eigenvalue weighted by molar-refractivity contribution is -0.138. The van der Waals surface area contributed by atoms with Gasteiger partial charge in [0.1, 0.15) is 5.82 Å². The molecule has 1 fully saturated rings. The Hall–Kier alpha value is -1.14. The number of carboxylic acid groups (broad SMARTS) is 1. The van der Waals surface area contributed by atoms with E-state index in [9.17, 15) is 9.18 Å². The SMILES string of the molecule is O=C(O)CC1CSCCN1Cc1cncc(F)c1. The van der Waals surface area contributed by atoms with Crippen molar-refractivity contribution in [3.8, 4) is 0 Å². The summed E-state index contributed by atoms with van der Waals surface area (Å²) in [5.74, 6) is 0.659. The molecule has 1 aromatic heterocycles. The molecule has 6 heteroatoms. The summed E-state index contributed by atoms with van der Waals surface area (Å²) in [6, 6.07) is 1.47. The Morgan fingerprint density at radius 2 is 2.44 bits per heavy atom. The van der Waals surface area contributed by atoms with Gasteiger partial charge < -0.3 is 5.11 Å². The third-order valence-corrected chi connectivity index (χ3v) is 4.00. The van der Waals surface area contributed by atoms with Gasteiger partial charge in [0, 0.05) is 36.8 Å². The molecule has 1 saturated heterocycles. The summed E-state index contributed by atoms with van der Waals surface area (Å²) in [7, 11) is 0. The zero-order valence-corrected chi connectivity index (χ0v) is 10.7. The van der Waals surface area contributed by atoms with E-state index in [0.717, 1.165) is 23.6 Å². The largest absolute Gasteiger partial charge is 0.481 e. The Kier molecular flexibility index (Phi) is 4.54. The molecule has 1 atom stereocenters. The average Bonchev–Trinajstić information content (AvgIpc) is 2.31. The second-order valence-corrected chi connectivity index (χ2v) is 5.46. The summed E-state index contributed by atoms with van der Waals surface area (Å²) in [6.45, 7) is 1.39. The molecule has 98 valence electrons. The van der Waals surface area contributed by atoms with E-state index >= 15 is 0 Å². The number of aliphatic carboxylic acids is 1. The Labute approximate surface area is 109 Å². The van der Waals surface area contributed by atoms with Crippen LogP contribution >= 0.6 is 11.8 Å². The summed E-state index contributed by atoms with van der Waals surface area (Å²) in [5, 5.41) is 8.89. The number of pyridine rings is 1. The van der Waals surface area contributed by atoms with Crippen molar-refractivity contribution in [1.82, 2.24) is 9.88 Å². The van der Waals surface area contributed by atoms with Crippen molar-refractivity contribution in [2.24, 2.45) is 0 Å². The van der Waals surface area contributed by atoms with Crippen LogP contribution in [0.1, 0.15) is 12.0 Å². The summed E-state index contributed by atoms with van der Waals surface area (Å²) in [5.41, 5.74) is 0.789. The second kappa shape index (κ2) is 6.15. The van der Waals surface area contributed by atoms with E-state index in [1.54, 1.807) is 18.0 Å². The van der Waals surface area contributed by atoms with Crippen LogP contribution in [0.5, 0.6) is 0 Å². The van der Waals surface area contributed by atoms with Gasteiger partial charge in [-0.3, -0.25) is 14.7 Å². The quantitative estimate of drug-likeness (QED) is 0.901. The average molecular weight is 270 g/mol. The minimum absolute atomic E-state index is 0.0181. The number of aromatic nitrogens is 1. The summed E-state index contributed by atoms with van der Waals surface area (Å²) >= 11 is 1.77. The molecule has 0 amide bonds. The van der Waals surface area contributed by atoms with Crippen molar-refractivity contribution in [2.45, 2.75) is 19.0 Å². The number of rotatable bonds is 4. The van der Waals surface area contributed by atoms with Crippen molar-refractivity contribution in [3.05, 3.63) is 29.8 Å². The van der Waals surface area contributed by atoms with Gasteiger partial charge in [-0.05, 0) is 11.6 Å². The molecule has 2 rings (SSSR count). The van der Waals surface area contributed by atoms with Crippen LogP contribution < -0.4 is 0 Å². The van der Waals surface area contributed by atoms with Gasteiger partial charge in [0.2, 0.25) is 0 Å². The molecule has 1 unspecified atom stereocenters. The van der Waals surface area contributed by atoms with E-state index < -0.39 is 5.97 Å². The van der Waals surface area contributed by atoms with Crippen molar-refractivity contribution in [2.75, 3.05) is 18.1 Å². The van der Waals surface area contributed by atoms with Gasteiger partial charge in [0.15, 0.2) is 0 Å². The van der Waals surface area contributed by atoms with Crippen LogP contribution in [0.3, 0.4) is 0 Å². The Morgan fingerprint density at radius 3 is 3.17 bits per heavy atom. The lowest BCUT2D eigenvalue weighted by Crippen LogP contribution is -2.42. The van der Waals surface area contributed by atoms with Crippen LogP contribution in [0.25, 0.3) is 0 Å². The summed E-state index contributed by atoms with van der Waals surface area (Å²) in [6.07, 6.45) is 2.93. The zero-order chi connectivity index (χ0) is 13.0. The van der Waals surface area contributed by atoms with Gasteiger partial charge in [-0.1, -0.05) is 0 Å². The summed E-state index contributed by atoms with van der Waals surface area (Å²) in [4.78, 5) is 16.7. The predicted octanol–water partition coefficient (Wildman–Crippen LogP) is 1.61. The third-order valence-electron chi connectivity index (χ3n) is 2.91. The standard InChI is InChI=1S/C12H15FN2O2S/c13-10-3-9(5-14-6-10)7-15-1-2-18-8-11(15)4-12(16)17/h3,5-6,11H,1-2,4,7-8H2,(H,16,17). The molecule has 1 aromatic rings. The number of hydrogen-bond acceptors (Lipinski definition) is 4. The van der Waals surface area contributed by atoms with Gasteiger partial charge in [-0.2, -0.15) is 11.8 Å². The van der Waals surface area contributed by atoms with Crippen LogP contribution in [0.2, 0.25) is 0 Å². The Balaban J connectivity index is 2.03. The van der Waals surface area contributed by atoms with Crippen LogP contribution in [-0.4, -0.2) is 45.1 Å². The van der Waals surface area contributed by atoms with Gasteiger partial charge in [-0.25, -0.2) is 4.39 Å². The molecule has 18 heavy (non-hydrogen) atoms. The first-order valence-electron chi connectivity index (χ1n) is 5.78. The molecular formula is C12H15FN2O2S. The van der Waals surface area contributed by atoms with Crippen LogP contribution in [-0.2, 0) is 11.3 Å². The van der Waals surface area contributed by atoms with E-state index in [1.165, 1.54) is 12.3 Å². The van der Waals surface area contributed by atoms with Gasteiger partial charge in [0.25, 0.3) is 0 Å². The Bertz CT molecular complexity index is 430. The molecule has 0 bridgehead atoms. The minimum atomic E-state index is -0.787. The Morgan fingerprint density at radius 1 is 1.61 bits per heavy atom. The number of carboxylic acids is 1. The number of hydrogen-bond donors (Lipinski definition) is 1. The maximum Gasteiger partial charge on any atom is 0.304 e. The number of nitrogens with zero attached hydrogens (tertiary/aromatic N) is 2. The van der Waals surface area contributed by atoms with E-state index in [2.05, 4.69) is 9.88 Å². The van der Waals surface area contributed by atoms with Crippen LogP contribution in [0.15, 0.2) is 18.5 Å². The number of thioether (sulfide) groups is 1. The normalized spacial score (nSPS) is 20.8. The van der Waals surface area contributed by atoms with E-state index in [-0.39, 0.29) is 18.3 Å². The molecule has 1 aliphatic heterocycles. The van der Waals surface area contributed by atoms with Crippen molar-refractivity contribution < 1.29 is 14.3 Å². The topological polar surface area (TPSA) is 53.4 Å². The fourth-order valence-corrected chi connectivity index (χ4v) is 3.19. The minimum Gasteiger partial charge on any atom is -0.481 e. The highest BCUT2D eigenvalue weighted by atomic mass is 32.2. The first kappa shape index (κ1) is 13.3. The van der Waals surface area contributed by atoms with E-state index in [0.29, 0.717) is 6.54 Å². The molecule has 1 N–H and O–H groups in total. The molecule has 0 aromatic carbocycles. The fourth-order valence-electron chi connectivity index (χ4n) is 2.06. The van der Waals surface area contributed by atoms with Gasteiger partial charge >= 0.3 is 5.97 Å². The highest BCUT2D eigenvalue weighted by Gasteiger charge is 2.25. The number of halogens is 1. The smallest absolute Gasteiger partial charge is 0.304 e. The molecular weight excluding hydrogens is 255 g/mol. The first-order chi connectivity index (χ1) is 8.65. The third kappa shape index (κ3) is 3.68. The lowest BCUT2D eigenvalue weighted by Gasteiger charge is -2.34. The predicted molar refractivity (Wildman–Crippen MR) is 68.0 cm³/mol.